The molecule has 5 heteroatoms. The van der Waals surface area contributed by atoms with Gasteiger partial charge < -0.3 is 10.4 Å². The molecule has 1 fully saturated rings. The second kappa shape index (κ2) is 6.28. The molecule has 2 N–H and O–H groups in total. The van der Waals surface area contributed by atoms with E-state index in [2.05, 4.69) is 5.32 Å². The number of aliphatic hydroxyl groups is 1. The van der Waals surface area contributed by atoms with Crippen LogP contribution in [0.4, 0.5) is 18.9 Å². The molecule has 0 amide bonds. The summed E-state index contributed by atoms with van der Waals surface area (Å²) in [6.45, 7) is 0.137. The standard InChI is InChI=1S/C14H18F3NO/c15-11-6-13(17)14(7-12(11)16)18-8-10(19)5-9-3-1-2-4-9/h6-7,9-10,18-19H,1-5,8H2. The van der Waals surface area contributed by atoms with Gasteiger partial charge in [0.1, 0.15) is 5.82 Å². The van der Waals surface area contributed by atoms with Gasteiger partial charge in [-0.1, -0.05) is 25.7 Å². The summed E-state index contributed by atoms with van der Waals surface area (Å²) in [5.41, 5.74) is -0.121. The summed E-state index contributed by atoms with van der Waals surface area (Å²) in [5, 5.41) is 12.5. The Labute approximate surface area is 110 Å². The monoisotopic (exact) mass is 273 g/mol. The van der Waals surface area contributed by atoms with Crippen LogP contribution in [-0.4, -0.2) is 17.8 Å². The first-order valence-corrected chi connectivity index (χ1v) is 6.62. The van der Waals surface area contributed by atoms with Gasteiger partial charge in [-0.25, -0.2) is 13.2 Å². The minimum Gasteiger partial charge on any atom is -0.391 e. The smallest absolute Gasteiger partial charge is 0.161 e. The molecule has 106 valence electrons. The van der Waals surface area contributed by atoms with Gasteiger partial charge in [0.05, 0.1) is 11.8 Å². The van der Waals surface area contributed by atoms with Gasteiger partial charge in [0, 0.05) is 18.7 Å². The van der Waals surface area contributed by atoms with Crippen LogP contribution < -0.4 is 5.32 Å². The quantitative estimate of drug-likeness (QED) is 0.805. The van der Waals surface area contributed by atoms with Crippen molar-refractivity contribution in [1.82, 2.24) is 0 Å². The molecule has 2 nitrogen and oxygen atoms in total. The molecule has 1 aromatic rings. The molecule has 0 aromatic heterocycles. The van der Waals surface area contributed by atoms with Crippen LogP contribution in [0.25, 0.3) is 0 Å². The van der Waals surface area contributed by atoms with Crippen molar-refractivity contribution in [2.75, 3.05) is 11.9 Å². The van der Waals surface area contributed by atoms with Crippen molar-refractivity contribution in [3.8, 4) is 0 Å². The van der Waals surface area contributed by atoms with Crippen LogP contribution in [0, 0.1) is 23.4 Å². The average Bonchev–Trinajstić information content (AvgIpc) is 2.85. The van der Waals surface area contributed by atoms with E-state index in [9.17, 15) is 18.3 Å². The zero-order chi connectivity index (χ0) is 13.8. The molecule has 2 rings (SSSR count). The van der Waals surface area contributed by atoms with E-state index in [0.29, 0.717) is 18.4 Å². The third-order valence-corrected chi connectivity index (χ3v) is 3.62. The topological polar surface area (TPSA) is 32.3 Å². The Kier molecular flexibility index (Phi) is 4.69. The van der Waals surface area contributed by atoms with E-state index in [1.807, 2.05) is 0 Å². The molecular formula is C14H18F3NO. The Balaban J connectivity index is 1.85. The van der Waals surface area contributed by atoms with Crippen LogP contribution in [-0.2, 0) is 0 Å². The van der Waals surface area contributed by atoms with Crippen molar-refractivity contribution in [2.24, 2.45) is 5.92 Å². The minimum atomic E-state index is -1.21. The van der Waals surface area contributed by atoms with E-state index in [1.165, 1.54) is 12.8 Å². The van der Waals surface area contributed by atoms with Gasteiger partial charge in [0.2, 0.25) is 0 Å². The maximum Gasteiger partial charge on any atom is 0.161 e. The number of benzene rings is 1. The normalized spacial score (nSPS) is 17.7. The predicted molar refractivity (Wildman–Crippen MR) is 67.4 cm³/mol. The van der Waals surface area contributed by atoms with E-state index in [1.54, 1.807) is 0 Å². The molecule has 1 saturated carbocycles. The number of hydrogen-bond donors (Lipinski definition) is 2. The fraction of sp³-hybridized carbons (Fsp3) is 0.571. The van der Waals surface area contributed by atoms with Gasteiger partial charge in [-0.2, -0.15) is 0 Å². The van der Waals surface area contributed by atoms with E-state index in [4.69, 9.17) is 0 Å². The van der Waals surface area contributed by atoms with Crippen LogP contribution in [0.3, 0.4) is 0 Å². The van der Waals surface area contributed by atoms with Gasteiger partial charge in [-0.15, -0.1) is 0 Å². The first-order chi connectivity index (χ1) is 9.06. The summed E-state index contributed by atoms with van der Waals surface area (Å²) in [7, 11) is 0. The van der Waals surface area contributed by atoms with Crippen LogP contribution in [0.2, 0.25) is 0 Å². The molecule has 1 aliphatic carbocycles. The van der Waals surface area contributed by atoms with Crippen LogP contribution in [0.1, 0.15) is 32.1 Å². The molecule has 0 radical (unpaired) electrons. The molecule has 1 aromatic carbocycles. The average molecular weight is 273 g/mol. The number of aliphatic hydroxyl groups excluding tert-OH is 1. The first-order valence-electron chi connectivity index (χ1n) is 6.62. The van der Waals surface area contributed by atoms with Gasteiger partial charge >= 0.3 is 0 Å². The molecule has 1 aliphatic rings. The SMILES string of the molecule is OC(CNc1cc(F)c(F)cc1F)CC1CCCC1. The lowest BCUT2D eigenvalue weighted by atomic mass is 10.00. The fourth-order valence-electron chi connectivity index (χ4n) is 2.60. The van der Waals surface area contributed by atoms with Crippen molar-refractivity contribution in [3.05, 3.63) is 29.6 Å². The summed E-state index contributed by atoms with van der Waals surface area (Å²) >= 11 is 0. The highest BCUT2D eigenvalue weighted by Crippen LogP contribution is 2.28. The number of halogens is 3. The van der Waals surface area contributed by atoms with Crippen LogP contribution >= 0.6 is 0 Å². The van der Waals surface area contributed by atoms with E-state index in [0.717, 1.165) is 18.9 Å². The number of anilines is 1. The fourth-order valence-corrected chi connectivity index (χ4v) is 2.60. The Morgan fingerprint density at radius 2 is 1.74 bits per heavy atom. The third kappa shape index (κ3) is 3.86. The molecule has 0 saturated heterocycles. The second-order valence-corrected chi connectivity index (χ2v) is 5.17. The number of rotatable bonds is 5. The predicted octanol–water partition coefficient (Wildman–Crippen LogP) is 3.46. The number of hydrogen-bond acceptors (Lipinski definition) is 2. The lowest BCUT2D eigenvalue weighted by molar-refractivity contribution is 0.155. The Morgan fingerprint density at radius 3 is 2.42 bits per heavy atom. The summed E-state index contributed by atoms with van der Waals surface area (Å²) in [4.78, 5) is 0. The largest absolute Gasteiger partial charge is 0.391 e. The third-order valence-electron chi connectivity index (χ3n) is 3.62. The highest BCUT2D eigenvalue weighted by Gasteiger charge is 2.19. The van der Waals surface area contributed by atoms with Crippen molar-refractivity contribution in [1.29, 1.82) is 0 Å². The number of nitrogens with one attached hydrogen (secondary N) is 1. The molecule has 0 heterocycles. The molecule has 0 bridgehead atoms. The molecular weight excluding hydrogens is 255 g/mol. The summed E-state index contributed by atoms with van der Waals surface area (Å²) in [5.74, 6) is -2.65. The van der Waals surface area contributed by atoms with Crippen LogP contribution in [0.5, 0.6) is 0 Å². The van der Waals surface area contributed by atoms with E-state index < -0.39 is 23.6 Å². The lowest BCUT2D eigenvalue weighted by Gasteiger charge is -2.17. The Morgan fingerprint density at radius 1 is 1.11 bits per heavy atom. The minimum absolute atomic E-state index is 0.121. The molecule has 1 atom stereocenters. The summed E-state index contributed by atoms with van der Waals surface area (Å²) < 4.78 is 39.0. The van der Waals surface area contributed by atoms with Crippen molar-refractivity contribution in [3.63, 3.8) is 0 Å². The van der Waals surface area contributed by atoms with Gasteiger partial charge in [-0.3, -0.25) is 0 Å². The zero-order valence-corrected chi connectivity index (χ0v) is 10.6. The van der Waals surface area contributed by atoms with Crippen molar-refractivity contribution >= 4 is 5.69 Å². The summed E-state index contributed by atoms with van der Waals surface area (Å²) in [6, 6.07) is 1.27. The maximum atomic E-state index is 13.3. The highest BCUT2D eigenvalue weighted by molar-refractivity contribution is 5.45. The van der Waals surface area contributed by atoms with Gasteiger partial charge in [-0.05, 0) is 12.3 Å². The summed E-state index contributed by atoms with van der Waals surface area (Å²) in [6.07, 6.45) is 4.70. The maximum absolute atomic E-state index is 13.3. The molecule has 0 aliphatic heterocycles. The van der Waals surface area contributed by atoms with E-state index >= 15 is 0 Å². The van der Waals surface area contributed by atoms with Crippen molar-refractivity contribution < 1.29 is 18.3 Å². The molecule has 19 heavy (non-hydrogen) atoms. The first kappa shape index (κ1) is 14.2. The molecule has 1 unspecified atom stereocenters. The second-order valence-electron chi connectivity index (χ2n) is 5.17. The molecule has 0 spiro atoms. The van der Waals surface area contributed by atoms with Crippen molar-refractivity contribution in [2.45, 2.75) is 38.2 Å². The van der Waals surface area contributed by atoms with Crippen LogP contribution in [0.15, 0.2) is 12.1 Å². The zero-order valence-electron chi connectivity index (χ0n) is 10.6. The van der Waals surface area contributed by atoms with Gasteiger partial charge in [0.15, 0.2) is 11.6 Å². The van der Waals surface area contributed by atoms with Gasteiger partial charge in [0.25, 0.3) is 0 Å². The highest BCUT2D eigenvalue weighted by atomic mass is 19.2. The Hall–Kier alpha value is -1.23. The van der Waals surface area contributed by atoms with E-state index in [-0.39, 0.29) is 12.2 Å². The Bertz CT molecular complexity index is 433. The lowest BCUT2D eigenvalue weighted by Crippen LogP contribution is -2.22.